The predicted molar refractivity (Wildman–Crippen MR) is 137 cm³/mol. The molecule has 4 rings (SSSR count). The molecule has 0 saturated carbocycles. The number of non-ortho nitro benzene ring substituents is 1. The first kappa shape index (κ1) is 25.2. The van der Waals surface area contributed by atoms with E-state index < -0.39 is 4.92 Å². The number of carbonyl (C=O) groups is 2. The molecule has 0 bridgehead atoms. The van der Waals surface area contributed by atoms with Crippen molar-refractivity contribution in [3.05, 3.63) is 104 Å². The highest BCUT2D eigenvalue weighted by Crippen LogP contribution is 2.38. The molecule has 0 fully saturated rings. The molecule has 9 heteroatoms. The van der Waals surface area contributed by atoms with Crippen molar-refractivity contribution in [2.45, 2.75) is 25.8 Å². The van der Waals surface area contributed by atoms with E-state index in [2.05, 4.69) is 0 Å². The number of nitrogens with zero attached hydrogens (tertiary/aromatic N) is 3. The second-order valence-corrected chi connectivity index (χ2v) is 9.53. The van der Waals surface area contributed by atoms with Crippen molar-refractivity contribution in [3.8, 4) is 0 Å². The molecule has 186 valence electrons. The van der Waals surface area contributed by atoms with E-state index in [-0.39, 0.29) is 35.9 Å². The molecule has 2 heterocycles. The number of fused-ring (bicyclic) bond motifs is 1. The number of hydrogen-bond acceptors (Lipinski definition) is 5. The first-order valence-corrected chi connectivity index (χ1v) is 12.6. The third kappa shape index (κ3) is 5.68. The maximum absolute atomic E-state index is 13.6. The summed E-state index contributed by atoms with van der Waals surface area (Å²) < 4.78 is 13.6. The minimum absolute atomic E-state index is 0.0253. The standard InChI is InChI=1S/C27H26FN3O4S/c1-2-15-29(25(32)12-5-19-3-10-22(11-4-19)31(34)35)18-26(33)30-16-13-24-23(14-17-36-24)27(30)20-6-8-21(28)9-7-20/h3-12,14,17,27H,2,13,15-16,18H2,1H3/b12-5+. The summed E-state index contributed by atoms with van der Waals surface area (Å²) >= 11 is 1.65. The number of benzene rings is 2. The summed E-state index contributed by atoms with van der Waals surface area (Å²) in [6.07, 6.45) is 4.38. The predicted octanol–water partition coefficient (Wildman–Crippen LogP) is 5.22. The van der Waals surface area contributed by atoms with E-state index in [1.807, 2.05) is 18.4 Å². The summed E-state index contributed by atoms with van der Waals surface area (Å²) in [5, 5.41) is 12.8. The summed E-state index contributed by atoms with van der Waals surface area (Å²) in [5.41, 5.74) is 2.49. The van der Waals surface area contributed by atoms with Gasteiger partial charge in [0, 0.05) is 36.2 Å². The van der Waals surface area contributed by atoms with Gasteiger partial charge < -0.3 is 9.80 Å². The lowest BCUT2D eigenvalue weighted by Gasteiger charge is -2.37. The smallest absolute Gasteiger partial charge is 0.269 e. The van der Waals surface area contributed by atoms with Gasteiger partial charge in [0.05, 0.1) is 11.0 Å². The Labute approximate surface area is 212 Å². The molecule has 1 atom stereocenters. The molecule has 2 aromatic carbocycles. The van der Waals surface area contributed by atoms with Gasteiger partial charge in [0.1, 0.15) is 12.4 Å². The molecule has 36 heavy (non-hydrogen) atoms. The monoisotopic (exact) mass is 507 g/mol. The summed E-state index contributed by atoms with van der Waals surface area (Å²) in [4.78, 5) is 41.3. The topological polar surface area (TPSA) is 83.8 Å². The van der Waals surface area contributed by atoms with Crippen molar-refractivity contribution in [1.82, 2.24) is 9.80 Å². The van der Waals surface area contributed by atoms with Gasteiger partial charge in [0.15, 0.2) is 0 Å². The van der Waals surface area contributed by atoms with Crippen LogP contribution in [0.3, 0.4) is 0 Å². The van der Waals surface area contributed by atoms with Gasteiger partial charge in [-0.2, -0.15) is 0 Å². The molecule has 2 amide bonds. The van der Waals surface area contributed by atoms with Crippen LogP contribution in [0.5, 0.6) is 0 Å². The van der Waals surface area contributed by atoms with Crippen LogP contribution in [0.15, 0.2) is 66.1 Å². The quantitative estimate of drug-likeness (QED) is 0.238. The van der Waals surface area contributed by atoms with Crippen molar-refractivity contribution in [3.63, 3.8) is 0 Å². The van der Waals surface area contributed by atoms with E-state index in [1.165, 1.54) is 40.1 Å². The zero-order valence-corrected chi connectivity index (χ0v) is 20.6. The van der Waals surface area contributed by atoms with Gasteiger partial charge in [-0.1, -0.05) is 19.1 Å². The Balaban J connectivity index is 1.51. The highest BCUT2D eigenvalue weighted by molar-refractivity contribution is 7.10. The maximum atomic E-state index is 13.6. The lowest BCUT2D eigenvalue weighted by molar-refractivity contribution is -0.384. The number of thiophene rings is 1. The molecule has 7 nitrogen and oxygen atoms in total. The van der Waals surface area contributed by atoms with Crippen LogP contribution in [-0.2, 0) is 16.0 Å². The fraction of sp³-hybridized carbons (Fsp3) is 0.259. The summed E-state index contributed by atoms with van der Waals surface area (Å²) in [6.45, 7) is 2.79. The van der Waals surface area contributed by atoms with Crippen LogP contribution in [0.2, 0.25) is 0 Å². The average molecular weight is 508 g/mol. The lowest BCUT2D eigenvalue weighted by atomic mass is 9.93. The number of nitro groups is 1. The molecule has 1 aliphatic rings. The second kappa shape index (κ2) is 11.3. The largest absolute Gasteiger partial charge is 0.330 e. The van der Waals surface area contributed by atoms with Crippen molar-refractivity contribution in [2.24, 2.45) is 0 Å². The molecular weight excluding hydrogens is 481 g/mol. The van der Waals surface area contributed by atoms with E-state index >= 15 is 0 Å². The SMILES string of the molecule is CCCN(CC(=O)N1CCc2sccc2C1c1ccc(F)cc1)C(=O)/C=C/c1ccc([N+](=O)[O-])cc1. The van der Waals surface area contributed by atoms with Crippen molar-refractivity contribution in [2.75, 3.05) is 19.6 Å². The van der Waals surface area contributed by atoms with Crippen molar-refractivity contribution in [1.29, 1.82) is 0 Å². The highest BCUT2D eigenvalue weighted by Gasteiger charge is 2.33. The van der Waals surface area contributed by atoms with E-state index in [0.29, 0.717) is 25.1 Å². The molecule has 1 aromatic heterocycles. The molecule has 0 aliphatic carbocycles. The fourth-order valence-corrected chi connectivity index (χ4v) is 5.26. The minimum atomic E-state index is -0.480. The average Bonchev–Trinajstić information content (AvgIpc) is 3.36. The van der Waals surface area contributed by atoms with Crippen molar-refractivity contribution < 1.29 is 18.9 Å². The third-order valence-corrected chi connectivity index (χ3v) is 7.12. The van der Waals surface area contributed by atoms with Crippen LogP contribution in [0, 0.1) is 15.9 Å². The Morgan fingerprint density at radius 2 is 1.89 bits per heavy atom. The van der Waals surface area contributed by atoms with Gasteiger partial charge in [0.2, 0.25) is 11.8 Å². The molecule has 3 aromatic rings. The highest BCUT2D eigenvalue weighted by atomic mass is 32.1. The van der Waals surface area contributed by atoms with Crippen LogP contribution in [0.25, 0.3) is 6.08 Å². The van der Waals surface area contributed by atoms with Gasteiger partial charge in [-0.15, -0.1) is 11.3 Å². The Hall–Kier alpha value is -3.85. The van der Waals surface area contributed by atoms with Crippen LogP contribution in [0.1, 0.15) is 41.0 Å². The summed E-state index contributed by atoms with van der Waals surface area (Å²) in [7, 11) is 0. The minimum Gasteiger partial charge on any atom is -0.330 e. The number of halogens is 1. The number of amides is 2. The van der Waals surface area contributed by atoms with Gasteiger partial charge in [-0.3, -0.25) is 19.7 Å². The first-order chi connectivity index (χ1) is 17.4. The zero-order chi connectivity index (χ0) is 25.7. The van der Waals surface area contributed by atoms with E-state index in [1.54, 1.807) is 46.6 Å². The van der Waals surface area contributed by atoms with Gasteiger partial charge in [0.25, 0.3) is 5.69 Å². The van der Waals surface area contributed by atoms with Crippen LogP contribution >= 0.6 is 11.3 Å². The van der Waals surface area contributed by atoms with Crippen LogP contribution < -0.4 is 0 Å². The van der Waals surface area contributed by atoms with Gasteiger partial charge >= 0.3 is 0 Å². The Morgan fingerprint density at radius 1 is 1.17 bits per heavy atom. The maximum Gasteiger partial charge on any atom is 0.269 e. The fourth-order valence-electron chi connectivity index (χ4n) is 4.36. The molecular formula is C27H26FN3O4S. The van der Waals surface area contributed by atoms with E-state index in [9.17, 15) is 24.1 Å². The third-order valence-electron chi connectivity index (χ3n) is 6.13. The van der Waals surface area contributed by atoms with Crippen LogP contribution in [0.4, 0.5) is 10.1 Å². The van der Waals surface area contributed by atoms with Gasteiger partial charge in [-0.25, -0.2) is 4.39 Å². The van der Waals surface area contributed by atoms with E-state index in [4.69, 9.17) is 0 Å². The summed E-state index contributed by atoms with van der Waals surface area (Å²) in [6, 6.07) is 13.8. The Bertz CT molecular complexity index is 1270. The van der Waals surface area contributed by atoms with Crippen molar-refractivity contribution >= 4 is 34.9 Å². The molecule has 0 N–H and O–H groups in total. The lowest BCUT2D eigenvalue weighted by Crippen LogP contribution is -2.46. The zero-order valence-electron chi connectivity index (χ0n) is 19.8. The number of carbonyl (C=O) groups excluding carboxylic acids is 2. The molecule has 0 radical (unpaired) electrons. The molecule has 0 spiro atoms. The van der Waals surface area contributed by atoms with E-state index in [0.717, 1.165) is 17.5 Å². The molecule has 1 unspecified atom stereocenters. The number of hydrogen-bond donors (Lipinski definition) is 0. The number of rotatable bonds is 8. The summed E-state index contributed by atoms with van der Waals surface area (Å²) in [5.74, 6) is -0.820. The van der Waals surface area contributed by atoms with Crippen LogP contribution in [-0.4, -0.2) is 46.2 Å². The molecule has 0 saturated heterocycles. The molecule has 1 aliphatic heterocycles. The number of nitro benzene ring substituents is 1. The Morgan fingerprint density at radius 3 is 2.56 bits per heavy atom. The Kier molecular flexibility index (Phi) is 7.90. The first-order valence-electron chi connectivity index (χ1n) is 11.7. The van der Waals surface area contributed by atoms with Gasteiger partial charge in [-0.05, 0) is 71.3 Å². The normalized spacial score (nSPS) is 15.1. The second-order valence-electron chi connectivity index (χ2n) is 8.53.